The lowest BCUT2D eigenvalue weighted by Gasteiger charge is -2.27. The molecular weight excluding hydrogens is 666 g/mol. The summed E-state index contributed by atoms with van der Waals surface area (Å²) >= 11 is 0. The predicted molar refractivity (Wildman–Crippen MR) is 173 cm³/mol. The number of nitrogens with two attached hydrogens (primary N) is 1. The average Bonchev–Trinajstić information content (AvgIpc) is 3.05. The van der Waals surface area contributed by atoms with Crippen LogP contribution in [0.25, 0.3) is 0 Å². The Balaban J connectivity index is 1.46. The van der Waals surface area contributed by atoms with Crippen LogP contribution in [0.4, 0.5) is 23.1 Å². The Hall–Kier alpha value is -6.41. The van der Waals surface area contributed by atoms with Gasteiger partial charge in [0.15, 0.2) is 5.82 Å². The number of benzene rings is 1. The standard InChI is InChI=1S/C29H37N9O12/c30-29-37-23-22(25(44)38-29)33-15(12-32-23)11-31-14-3-1-13(2-4-14)24(43)36-18(28(49)50)6-9-20(40)34-16(26(45)46)5-8-19(39)35-17(27(47)48)7-10-21(41)42/h1-4,15-18,31,33H,5-12H2,(H,34,40)(H,35,39)(H,36,43)(H,41,42)(H,45,46)(H,47,48)(H,49,50)(H4,30,32,37,38,44). The second kappa shape index (κ2) is 17.7. The normalized spacial score (nSPS) is 15.0. The highest BCUT2D eigenvalue weighted by Crippen LogP contribution is 2.20. The van der Waals surface area contributed by atoms with Crippen LogP contribution in [0.3, 0.4) is 0 Å². The largest absolute Gasteiger partial charge is 0.481 e. The maximum Gasteiger partial charge on any atom is 0.326 e. The Morgan fingerprint density at radius 2 is 1.32 bits per heavy atom. The topological polar surface area (TPSA) is 344 Å². The van der Waals surface area contributed by atoms with Crippen LogP contribution in [0.15, 0.2) is 29.1 Å². The van der Waals surface area contributed by atoms with Gasteiger partial charge in [0.05, 0.1) is 6.04 Å². The molecule has 2 aromatic rings. The van der Waals surface area contributed by atoms with Crippen molar-refractivity contribution in [2.45, 2.75) is 62.7 Å². The number of carboxylic acid groups (broad SMARTS) is 4. The number of nitrogens with zero attached hydrogens (tertiary/aromatic N) is 1. The van der Waals surface area contributed by atoms with E-state index in [0.29, 0.717) is 24.6 Å². The van der Waals surface area contributed by atoms with Crippen molar-refractivity contribution in [3.05, 3.63) is 40.2 Å². The van der Waals surface area contributed by atoms with Crippen molar-refractivity contribution in [2.24, 2.45) is 0 Å². The van der Waals surface area contributed by atoms with Gasteiger partial charge >= 0.3 is 23.9 Å². The van der Waals surface area contributed by atoms with E-state index in [9.17, 15) is 48.6 Å². The molecule has 270 valence electrons. The van der Waals surface area contributed by atoms with Crippen LogP contribution in [0.2, 0.25) is 0 Å². The Labute approximate surface area is 282 Å². The number of H-pyrrole nitrogens is 1. The molecule has 3 amide bonds. The summed E-state index contributed by atoms with van der Waals surface area (Å²) in [5, 5.41) is 52.7. The van der Waals surface area contributed by atoms with E-state index in [-0.39, 0.29) is 23.2 Å². The molecule has 13 N–H and O–H groups in total. The lowest BCUT2D eigenvalue weighted by atomic mass is 10.1. The van der Waals surface area contributed by atoms with E-state index < -0.39 is 104 Å². The predicted octanol–water partition coefficient (Wildman–Crippen LogP) is -1.58. The molecule has 0 saturated carbocycles. The minimum atomic E-state index is -1.58. The van der Waals surface area contributed by atoms with E-state index in [0.717, 1.165) is 0 Å². The van der Waals surface area contributed by atoms with Gasteiger partial charge in [-0.3, -0.25) is 29.0 Å². The Kier molecular flexibility index (Phi) is 13.4. The van der Waals surface area contributed by atoms with Gasteiger partial charge in [-0.25, -0.2) is 14.4 Å². The maximum atomic E-state index is 12.8. The van der Waals surface area contributed by atoms with Crippen LogP contribution in [0.5, 0.6) is 0 Å². The number of aromatic amines is 1. The molecule has 1 aliphatic rings. The molecule has 21 nitrogen and oxygen atoms in total. The van der Waals surface area contributed by atoms with E-state index in [2.05, 4.69) is 41.9 Å². The second-order valence-corrected chi connectivity index (χ2v) is 11.1. The molecule has 1 aliphatic heterocycles. The van der Waals surface area contributed by atoms with Crippen LogP contribution in [-0.4, -0.2) is 109 Å². The maximum absolute atomic E-state index is 12.8. The first kappa shape index (κ1) is 38.0. The van der Waals surface area contributed by atoms with Gasteiger partial charge in [-0.05, 0) is 43.5 Å². The fourth-order valence-corrected chi connectivity index (χ4v) is 4.70. The third-order valence-electron chi connectivity index (χ3n) is 7.34. The zero-order valence-corrected chi connectivity index (χ0v) is 26.4. The van der Waals surface area contributed by atoms with Crippen LogP contribution in [0, 0.1) is 0 Å². The summed E-state index contributed by atoms with van der Waals surface area (Å²) in [5.41, 5.74) is 6.12. The number of nitrogens with one attached hydrogen (secondary N) is 7. The number of amides is 3. The number of aromatic nitrogens is 2. The van der Waals surface area contributed by atoms with Crippen molar-refractivity contribution in [3.63, 3.8) is 0 Å². The van der Waals surface area contributed by atoms with Crippen molar-refractivity contribution >= 4 is 64.7 Å². The average molecular weight is 704 g/mol. The van der Waals surface area contributed by atoms with Crippen LogP contribution in [-0.2, 0) is 28.8 Å². The molecule has 1 aromatic carbocycles. The van der Waals surface area contributed by atoms with Gasteiger partial charge in [-0.2, -0.15) is 4.98 Å². The van der Waals surface area contributed by atoms with Gasteiger partial charge in [0.2, 0.25) is 17.8 Å². The highest BCUT2D eigenvalue weighted by atomic mass is 16.4. The zero-order valence-electron chi connectivity index (χ0n) is 26.4. The first-order valence-corrected chi connectivity index (χ1v) is 15.2. The summed E-state index contributed by atoms with van der Waals surface area (Å²) in [6, 6.07) is 1.25. The number of hydrogen-bond acceptors (Lipinski definition) is 13. The molecule has 2 heterocycles. The summed E-state index contributed by atoms with van der Waals surface area (Å²) in [4.78, 5) is 101. The van der Waals surface area contributed by atoms with E-state index >= 15 is 0 Å². The fraction of sp³-hybridized carbons (Fsp3) is 0.414. The van der Waals surface area contributed by atoms with E-state index in [4.69, 9.17) is 15.9 Å². The summed E-state index contributed by atoms with van der Waals surface area (Å²) < 4.78 is 0. The van der Waals surface area contributed by atoms with Gasteiger partial charge in [0, 0.05) is 43.6 Å². The number of hydrogen-bond donors (Lipinski definition) is 12. The van der Waals surface area contributed by atoms with Crippen LogP contribution in [0.1, 0.15) is 48.9 Å². The Bertz CT molecular complexity index is 1660. The summed E-state index contributed by atoms with van der Waals surface area (Å²) in [6.45, 7) is 0.812. The molecular formula is C29H37N9O12. The second-order valence-electron chi connectivity index (χ2n) is 11.1. The van der Waals surface area contributed by atoms with Crippen LogP contribution < -0.4 is 43.2 Å². The lowest BCUT2D eigenvalue weighted by Crippen LogP contribution is -2.45. The monoisotopic (exact) mass is 703 g/mol. The van der Waals surface area contributed by atoms with E-state index in [1.807, 2.05) is 0 Å². The number of carbonyl (C=O) groups excluding carboxylic acids is 3. The third kappa shape index (κ3) is 11.7. The molecule has 0 saturated heterocycles. The van der Waals surface area contributed by atoms with Gasteiger partial charge in [-0.1, -0.05) is 0 Å². The quantitative estimate of drug-likeness (QED) is 0.0785. The smallest absolute Gasteiger partial charge is 0.326 e. The molecule has 0 aliphatic carbocycles. The molecule has 3 rings (SSSR count). The van der Waals surface area contributed by atoms with Crippen molar-refractivity contribution in [2.75, 3.05) is 34.8 Å². The van der Waals surface area contributed by atoms with Crippen molar-refractivity contribution < 1.29 is 54.0 Å². The van der Waals surface area contributed by atoms with Crippen molar-refractivity contribution in [1.82, 2.24) is 25.9 Å². The summed E-state index contributed by atoms with van der Waals surface area (Å²) in [5.74, 6) is -7.89. The highest BCUT2D eigenvalue weighted by Gasteiger charge is 2.27. The van der Waals surface area contributed by atoms with Gasteiger partial charge in [0.25, 0.3) is 11.5 Å². The third-order valence-corrected chi connectivity index (χ3v) is 7.34. The summed E-state index contributed by atoms with van der Waals surface area (Å²) in [6.07, 6.45) is -2.80. The number of carboxylic acids is 4. The van der Waals surface area contributed by atoms with E-state index in [1.165, 1.54) is 12.1 Å². The molecule has 1 aromatic heterocycles. The van der Waals surface area contributed by atoms with Gasteiger partial charge < -0.3 is 58.1 Å². The van der Waals surface area contributed by atoms with Crippen molar-refractivity contribution in [1.29, 1.82) is 0 Å². The number of aliphatic carboxylic acids is 4. The molecule has 0 fully saturated rings. The molecule has 4 unspecified atom stereocenters. The molecule has 4 atom stereocenters. The Morgan fingerprint density at radius 1 is 0.800 bits per heavy atom. The molecule has 50 heavy (non-hydrogen) atoms. The number of carbonyl (C=O) groups is 7. The minimum absolute atomic E-state index is 0.0151. The summed E-state index contributed by atoms with van der Waals surface area (Å²) in [7, 11) is 0. The highest BCUT2D eigenvalue weighted by molar-refractivity contribution is 5.97. The first-order valence-electron chi connectivity index (χ1n) is 15.2. The van der Waals surface area contributed by atoms with E-state index in [1.54, 1.807) is 12.1 Å². The van der Waals surface area contributed by atoms with Crippen LogP contribution >= 0.6 is 0 Å². The number of nitrogen functional groups attached to an aromatic ring is 1. The minimum Gasteiger partial charge on any atom is -0.481 e. The van der Waals surface area contributed by atoms with Gasteiger partial charge in [-0.15, -0.1) is 0 Å². The molecule has 0 bridgehead atoms. The fourth-order valence-electron chi connectivity index (χ4n) is 4.70. The Morgan fingerprint density at radius 3 is 1.84 bits per heavy atom. The zero-order chi connectivity index (χ0) is 37.0. The molecule has 0 radical (unpaired) electrons. The van der Waals surface area contributed by atoms with Crippen molar-refractivity contribution in [3.8, 4) is 0 Å². The lowest BCUT2D eigenvalue weighted by molar-refractivity contribution is -0.144. The first-order chi connectivity index (χ1) is 23.6. The molecule has 0 spiro atoms. The SMILES string of the molecule is Nc1nc2c(c(=O)[nH]1)NC(CNc1ccc(C(=O)NC(CCC(=O)NC(CCC(=O)NC(CCC(=O)O)C(=O)O)C(=O)O)C(=O)O)cc1)CN2. The van der Waals surface area contributed by atoms with Gasteiger partial charge in [0.1, 0.15) is 23.8 Å². The molecule has 21 heteroatoms. The number of anilines is 4. The number of rotatable bonds is 19. The number of fused-ring (bicyclic) bond motifs is 1.